The molecule has 1 nitrogen and oxygen atoms in total. The van der Waals surface area contributed by atoms with Crippen LogP contribution in [0, 0.1) is 0 Å². The highest BCUT2D eigenvalue weighted by molar-refractivity contribution is 7.99. The topological polar surface area (TPSA) is 3.24 Å². The highest BCUT2D eigenvalue weighted by Crippen LogP contribution is 2.56. The molecule has 0 radical (unpaired) electrons. The Morgan fingerprint density at radius 2 is 1.07 bits per heavy atom. The molecule has 0 N–H and O–H groups in total. The Morgan fingerprint density at radius 3 is 1.61 bits per heavy atom. The van der Waals surface area contributed by atoms with Crippen LogP contribution in [0.1, 0.15) is 12.0 Å². The minimum absolute atomic E-state index is 0. The fourth-order valence-corrected chi connectivity index (χ4v) is 11.0. The fraction of sp³-hybridized carbons (Fsp3) is 0.118. The second-order valence-corrected chi connectivity index (χ2v) is 14.5. The number of rotatable bonds is 7. The highest BCUT2D eigenvalue weighted by atomic mass is 35.5. The van der Waals surface area contributed by atoms with Crippen molar-refractivity contribution in [3.63, 3.8) is 0 Å². The van der Waals surface area contributed by atoms with Crippen LogP contribution < -0.4 is 33.2 Å². The molecule has 1 aliphatic heterocycles. The lowest BCUT2D eigenvalue weighted by Gasteiger charge is -2.34. The molecule has 0 saturated heterocycles. The quantitative estimate of drug-likeness (QED) is 0.219. The van der Waals surface area contributed by atoms with Crippen molar-refractivity contribution in [3.8, 4) is 0 Å². The maximum absolute atomic E-state index is 13.7. The molecule has 5 aromatic rings. The summed E-state index contributed by atoms with van der Waals surface area (Å²) >= 11 is 1.53. The molecule has 0 fully saturated rings. The zero-order chi connectivity index (χ0) is 27.6. The van der Waals surface area contributed by atoms with E-state index in [0.717, 1.165) is 28.1 Å². The molecule has 41 heavy (non-hydrogen) atoms. The van der Waals surface area contributed by atoms with Gasteiger partial charge in [-0.1, -0.05) is 78.5 Å². The first-order chi connectivity index (χ1) is 19.5. The third-order valence-corrected chi connectivity index (χ3v) is 13.1. The highest BCUT2D eigenvalue weighted by Gasteiger charge is 2.45. The second-order valence-electron chi connectivity index (χ2n) is 9.80. The zero-order valence-corrected chi connectivity index (χ0v) is 24.6. The van der Waals surface area contributed by atoms with E-state index in [2.05, 4.69) is 77.7 Å². The molecule has 1 aliphatic rings. The van der Waals surface area contributed by atoms with Gasteiger partial charge in [0.25, 0.3) is 0 Å². The van der Waals surface area contributed by atoms with Crippen LogP contribution >= 0.6 is 19.0 Å². The Labute approximate surface area is 250 Å². The van der Waals surface area contributed by atoms with Crippen LogP contribution in [-0.2, 0) is 6.18 Å². The maximum Gasteiger partial charge on any atom is 0.416 e. The van der Waals surface area contributed by atoms with Crippen LogP contribution in [0.25, 0.3) is 0 Å². The lowest BCUT2D eigenvalue weighted by atomic mass is 10.1. The number of alkyl halides is 3. The molecule has 0 saturated carbocycles. The summed E-state index contributed by atoms with van der Waals surface area (Å²) < 4.78 is 41.2. The molecule has 0 amide bonds. The van der Waals surface area contributed by atoms with E-state index < -0.39 is 19.0 Å². The van der Waals surface area contributed by atoms with E-state index in [1.807, 2.05) is 42.5 Å². The van der Waals surface area contributed by atoms with Crippen molar-refractivity contribution in [2.75, 3.05) is 17.6 Å². The van der Waals surface area contributed by atoms with E-state index in [-0.39, 0.29) is 12.4 Å². The number of fused-ring (bicyclic) bond motifs is 2. The van der Waals surface area contributed by atoms with Gasteiger partial charge in [-0.15, -0.1) is 0 Å². The van der Waals surface area contributed by atoms with E-state index in [4.69, 9.17) is 0 Å². The number of benzene rings is 5. The Balaban J connectivity index is 0.00000337. The minimum Gasteiger partial charge on any atom is -1.00 e. The number of anilines is 2. The predicted molar refractivity (Wildman–Crippen MR) is 164 cm³/mol. The number of halogens is 4. The van der Waals surface area contributed by atoms with Crippen molar-refractivity contribution in [2.45, 2.75) is 22.4 Å². The van der Waals surface area contributed by atoms with Crippen LogP contribution in [0.3, 0.4) is 0 Å². The minimum atomic E-state index is -4.39. The summed E-state index contributed by atoms with van der Waals surface area (Å²) in [6, 6.07) is 44.2. The SMILES string of the molecule is FC(F)(F)c1ccc2c(c1)N(CCC[P+](c1ccccc1)(c1ccccc1)c1ccccc1)c1ccccc1S2.[Cl-]. The van der Waals surface area contributed by atoms with Crippen LogP contribution in [-0.4, -0.2) is 12.7 Å². The molecule has 0 aromatic heterocycles. The maximum atomic E-state index is 13.7. The monoisotopic (exact) mass is 605 g/mol. The van der Waals surface area contributed by atoms with Crippen LogP contribution in [0.4, 0.5) is 24.5 Å². The number of hydrogen-bond acceptors (Lipinski definition) is 2. The summed E-state index contributed by atoms with van der Waals surface area (Å²) in [6.07, 6.45) is -2.69. The Morgan fingerprint density at radius 1 is 0.585 bits per heavy atom. The van der Waals surface area contributed by atoms with Gasteiger partial charge in [-0.2, -0.15) is 13.2 Å². The number of nitrogens with zero attached hydrogens (tertiary/aromatic N) is 1. The molecule has 0 unspecified atom stereocenters. The molecule has 0 spiro atoms. The summed E-state index contributed by atoms with van der Waals surface area (Å²) in [7, 11) is -2.04. The third-order valence-electron chi connectivity index (χ3n) is 7.42. The van der Waals surface area contributed by atoms with Gasteiger partial charge >= 0.3 is 6.18 Å². The van der Waals surface area contributed by atoms with E-state index in [9.17, 15) is 13.2 Å². The van der Waals surface area contributed by atoms with E-state index in [1.165, 1.54) is 39.8 Å². The molecular weight excluding hydrogens is 578 g/mol. The van der Waals surface area contributed by atoms with Gasteiger partial charge in [-0.25, -0.2) is 0 Å². The normalized spacial score (nSPS) is 12.7. The molecule has 0 aliphatic carbocycles. The van der Waals surface area contributed by atoms with Crippen molar-refractivity contribution in [3.05, 3.63) is 139 Å². The smallest absolute Gasteiger partial charge is 0.416 e. The van der Waals surface area contributed by atoms with Crippen molar-refractivity contribution < 1.29 is 25.6 Å². The molecule has 7 heteroatoms. The average Bonchev–Trinajstić information content (AvgIpc) is 2.99. The van der Waals surface area contributed by atoms with E-state index in [0.29, 0.717) is 12.2 Å². The van der Waals surface area contributed by atoms with Crippen molar-refractivity contribution in [1.82, 2.24) is 0 Å². The molecule has 0 atom stereocenters. The van der Waals surface area contributed by atoms with Crippen LogP contribution in [0.2, 0.25) is 0 Å². The van der Waals surface area contributed by atoms with Gasteiger partial charge < -0.3 is 17.3 Å². The zero-order valence-electron chi connectivity index (χ0n) is 22.1. The Kier molecular flexibility index (Phi) is 8.79. The van der Waals surface area contributed by atoms with Crippen molar-refractivity contribution >= 4 is 46.3 Å². The number of hydrogen-bond donors (Lipinski definition) is 0. The van der Waals surface area contributed by atoms with Gasteiger partial charge in [0.2, 0.25) is 0 Å². The van der Waals surface area contributed by atoms with Crippen LogP contribution in [0.15, 0.2) is 143 Å². The number of para-hydroxylation sites is 1. The Bertz CT molecular complexity index is 1500. The summed E-state index contributed by atoms with van der Waals surface area (Å²) in [5.74, 6) is 0. The fourth-order valence-electron chi connectivity index (χ4n) is 5.59. The standard InChI is InChI=1S/C34H28F3NPS.ClH/c35-34(36,37)26-21-22-33-31(25-26)38(30-19-10-11-20-32(30)40-33)23-12-24-39(27-13-4-1-5-14-27,28-15-6-2-7-16-28)29-17-8-3-9-18-29;/h1-11,13-22,25H,12,23-24H2;1H/q+1;/p-1. The lowest BCUT2D eigenvalue weighted by Crippen LogP contribution is -3.00. The van der Waals surface area contributed by atoms with E-state index >= 15 is 0 Å². The van der Waals surface area contributed by atoms with Gasteiger partial charge in [0, 0.05) is 22.8 Å². The van der Waals surface area contributed by atoms with Gasteiger partial charge in [-0.3, -0.25) is 0 Å². The molecule has 6 rings (SSSR count). The van der Waals surface area contributed by atoms with Crippen LogP contribution in [0.5, 0.6) is 0 Å². The predicted octanol–water partition coefficient (Wildman–Crippen LogP) is 5.70. The third kappa shape index (κ3) is 5.77. The van der Waals surface area contributed by atoms with Gasteiger partial charge in [0.05, 0.1) is 23.1 Å². The molecule has 1 heterocycles. The first-order valence-corrected chi connectivity index (χ1v) is 16.1. The first kappa shape index (κ1) is 29.3. The molecule has 5 aromatic carbocycles. The van der Waals surface area contributed by atoms with Gasteiger partial charge in [-0.05, 0) is 66.7 Å². The summed E-state index contributed by atoms with van der Waals surface area (Å²) in [5, 5.41) is 3.92. The summed E-state index contributed by atoms with van der Waals surface area (Å²) in [5.41, 5.74) is 0.972. The Hall–Kier alpha value is -3.24. The van der Waals surface area contributed by atoms with Gasteiger partial charge in [0.15, 0.2) is 0 Å². The first-order valence-electron chi connectivity index (χ1n) is 13.3. The average molecular weight is 606 g/mol. The summed E-state index contributed by atoms with van der Waals surface area (Å²) in [4.78, 5) is 4.00. The lowest BCUT2D eigenvalue weighted by molar-refractivity contribution is -0.137. The second kappa shape index (κ2) is 12.3. The van der Waals surface area contributed by atoms with Crippen molar-refractivity contribution in [1.29, 1.82) is 0 Å². The van der Waals surface area contributed by atoms with Gasteiger partial charge in [0.1, 0.15) is 23.2 Å². The molecule has 0 bridgehead atoms. The van der Waals surface area contributed by atoms with Crippen molar-refractivity contribution in [2.24, 2.45) is 0 Å². The van der Waals surface area contributed by atoms with E-state index in [1.54, 1.807) is 6.07 Å². The molecule has 208 valence electrons. The summed E-state index contributed by atoms with van der Waals surface area (Å²) in [6.45, 7) is 0.611. The largest absolute Gasteiger partial charge is 1.00 e. The molecular formula is C34H28ClF3NPS.